The predicted octanol–water partition coefficient (Wildman–Crippen LogP) is 4.11. The van der Waals surface area contributed by atoms with Crippen molar-refractivity contribution in [3.8, 4) is 0 Å². The van der Waals surface area contributed by atoms with E-state index in [1.165, 1.54) is 10.8 Å². The molecule has 0 unspecified atom stereocenters. The number of anilines is 2. The summed E-state index contributed by atoms with van der Waals surface area (Å²) in [7, 11) is 2.35. The Morgan fingerprint density at radius 3 is 2.62 bits per heavy atom. The van der Waals surface area contributed by atoms with Crippen LogP contribution in [-0.2, 0) is 0 Å². The molecule has 3 heterocycles. The monoisotopic (exact) mass is 429 g/mol. The summed E-state index contributed by atoms with van der Waals surface area (Å²) in [6.07, 6.45) is 2.96. The van der Waals surface area contributed by atoms with E-state index >= 15 is 0 Å². The van der Waals surface area contributed by atoms with Crippen molar-refractivity contribution in [3.05, 3.63) is 77.3 Å². The fourth-order valence-electron chi connectivity index (χ4n) is 4.68. The van der Waals surface area contributed by atoms with Gasteiger partial charge in [0, 0.05) is 36.0 Å². The van der Waals surface area contributed by atoms with E-state index < -0.39 is 0 Å². The third kappa shape index (κ3) is 4.18. The second-order valence-corrected chi connectivity index (χ2v) is 8.89. The maximum Gasteiger partial charge on any atom is 0.338 e. The van der Waals surface area contributed by atoms with Gasteiger partial charge in [0.1, 0.15) is 11.4 Å². The lowest BCUT2D eigenvalue weighted by atomic mass is 10.1. The van der Waals surface area contributed by atoms with E-state index in [0.29, 0.717) is 5.58 Å². The number of nitrogens with zero attached hydrogens (tertiary/aromatic N) is 3. The van der Waals surface area contributed by atoms with Gasteiger partial charge in [0.2, 0.25) is 0 Å². The van der Waals surface area contributed by atoms with Crippen LogP contribution >= 0.6 is 0 Å². The Labute approximate surface area is 187 Å². The fourth-order valence-corrected chi connectivity index (χ4v) is 4.68. The van der Waals surface area contributed by atoms with Crippen molar-refractivity contribution in [2.24, 2.45) is 0 Å². The zero-order valence-electron chi connectivity index (χ0n) is 18.5. The maximum absolute atomic E-state index is 11.8. The van der Waals surface area contributed by atoms with Gasteiger partial charge in [-0.1, -0.05) is 36.4 Å². The normalized spacial score (nSPS) is 15.8. The Kier molecular flexibility index (Phi) is 5.53. The quantitative estimate of drug-likeness (QED) is 0.284. The van der Waals surface area contributed by atoms with Crippen LogP contribution in [0.2, 0.25) is 0 Å². The lowest BCUT2D eigenvalue weighted by Gasteiger charge is -2.42. The van der Waals surface area contributed by atoms with Crippen LogP contribution in [0.5, 0.6) is 0 Å². The SMILES string of the molecule is C[N+]1(CCCNc2cc(=O)oc3ccccc23)CCN(c2nccc3ccccc23)CC1. The molecule has 1 fully saturated rings. The van der Waals surface area contributed by atoms with Gasteiger partial charge in [-0.15, -0.1) is 0 Å². The molecule has 4 aromatic rings. The predicted molar refractivity (Wildman–Crippen MR) is 130 cm³/mol. The van der Waals surface area contributed by atoms with Crippen molar-refractivity contribution in [2.45, 2.75) is 6.42 Å². The summed E-state index contributed by atoms with van der Waals surface area (Å²) in [6.45, 7) is 6.15. The van der Waals surface area contributed by atoms with Gasteiger partial charge < -0.3 is 19.1 Å². The van der Waals surface area contributed by atoms with Crippen molar-refractivity contribution >= 4 is 33.2 Å². The molecule has 1 saturated heterocycles. The molecule has 0 radical (unpaired) electrons. The molecule has 6 heteroatoms. The number of rotatable bonds is 6. The van der Waals surface area contributed by atoms with Crippen molar-refractivity contribution in [1.29, 1.82) is 0 Å². The molecule has 1 N–H and O–H groups in total. The Hall–Kier alpha value is -3.38. The van der Waals surface area contributed by atoms with Gasteiger partial charge in [-0.25, -0.2) is 9.78 Å². The third-order valence-electron chi connectivity index (χ3n) is 6.61. The molecule has 1 aliphatic rings. The smallest absolute Gasteiger partial charge is 0.338 e. The molecule has 2 aromatic heterocycles. The zero-order chi connectivity index (χ0) is 22.0. The molecule has 5 rings (SSSR count). The highest BCUT2D eigenvalue weighted by atomic mass is 16.4. The molecule has 0 atom stereocenters. The molecule has 164 valence electrons. The van der Waals surface area contributed by atoms with E-state index in [4.69, 9.17) is 9.40 Å². The number of aromatic nitrogens is 1. The summed E-state index contributed by atoms with van der Waals surface area (Å²) >= 11 is 0. The molecule has 1 aliphatic heterocycles. The third-order valence-corrected chi connectivity index (χ3v) is 6.61. The molecule has 0 saturated carbocycles. The van der Waals surface area contributed by atoms with Crippen molar-refractivity contribution < 1.29 is 8.90 Å². The average molecular weight is 430 g/mol. The second-order valence-electron chi connectivity index (χ2n) is 8.89. The molecule has 0 amide bonds. The minimum Gasteiger partial charge on any atom is -0.423 e. The number of benzene rings is 2. The van der Waals surface area contributed by atoms with Crippen LogP contribution in [0.15, 0.2) is 76.1 Å². The van der Waals surface area contributed by atoms with E-state index in [-0.39, 0.29) is 5.63 Å². The van der Waals surface area contributed by atoms with E-state index in [0.717, 1.165) is 67.1 Å². The van der Waals surface area contributed by atoms with E-state index in [1.807, 2.05) is 30.5 Å². The molecule has 0 aliphatic carbocycles. The Balaban J connectivity index is 1.18. The summed E-state index contributed by atoms with van der Waals surface area (Å²) < 4.78 is 6.34. The number of pyridine rings is 1. The van der Waals surface area contributed by atoms with E-state index in [2.05, 4.69) is 47.6 Å². The molecule has 32 heavy (non-hydrogen) atoms. The summed E-state index contributed by atoms with van der Waals surface area (Å²) in [5.41, 5.74) is 1.16. The van der Waals surface area contributed by atoms with Gasteiger partial charge in [0.05, 0.1) is 45.5 Å². The highest BCUT2D eigenvalue weighted by Crippen LogP contribution is 2.26. The first-order valence-corrected chi connectivity index (χ1v) is 11.3. The number of likely N-dealkylation sites (N-methyl/N-ethyl adjacent to an activating group) is 1. The summed E-state index contributed by atoms with van der Waals surface area (Å²) in [5, 5.41) is 6.87. The molecular formula is C26H29N4O2+. The molecule has 0 bridgehead atoms. The summed E-state index contributed by atoms with van der Waals surface area (Å²) in [5.74, 6) is 1.10. The number of hydrogen-bond acceptors (Lipinski definition) is 5. The van der Waals surface area contributed by atoms with Crippen molar-refractivity contribution in [1.82, 2.24) is 4.98 Å². The van der Waals surface area contributed by atoms with E-state index in [1.54, 1.807) is 6.07 Å². The fraction of sp³-hybridized carbons (Fsp3) is 0.308. The maximum atomic E-state index is 11.8. The highest BCUT2D eigenvalue weighted by Gasteiger charge is 2.29. The van der Waals surface area contributed by atoms with Gasteiger partial charge >= 0.3 is 5.63 Å². The first kappa shape index (κ1) is 20.5. The van der Waals surface area contributed by atoms with Crippen molar-refractivity contribution in [2.75, 3.05) is 56.5 Å². The van der Waals surface area contributed by atoms with Gasteiger partial charge in [-0.2, -0.15) is 0 Å². The number of para-hydroxylation sites is 1. The lowest BCUT2D eigenvalue weighted by molar-refractivity contribution is -0.910. The molecular weight excluding hydrogens is 400 g/mol. The van der Waals surface area contributed by atoms with Crippen LogP contribution in [0.4, 0.5) is 11.5 Å². The number of piperazine rings is 1. The summed E-state index contributed by atoms with van der Waals surface area (Å²) in [6, 6.07) is 19.8. The number of nitrogens with one attached hydrogen (secondary N) is 1. The number of hydrogen-bond donors (Lipinski definition) is 1. The molecule has 0 spiro atoms. The van der Waals surface area contributed by atoms with Crippen LogP contribution < -0.4 is 15.8 Å². The minimum atomic E-state index is -0.316. The van der Waals surface area contributed by atoms with Gasteiger partial charge in [0.25, 0.3) is 0 Å². The topological polar surface area (TPSA) is 58.4 Å². The largest absolute Gasteiger partial charge is 0.423 e. The zero-order valence-corrected chi connectivity index (χ0v) is 18.5. The first-order valence-electron chi connectivity index (χ1n) is 11.3. The average Bonchev–Trinajstić information content (AvgIpc) is 2.82. The number of quaternary nitrogens is 1. The van der Waals surface area contributed by atoms with Gasteiger partial charge in [-0.3, -0.25) is 0 Å². The Morgan fingerprint density at radius 2 is 1.78 bits per heavy atom. The van der Waals surface area contributed by atoms with Crippen LogP contribution in [0.25, 0.3) is 21.7 Å². The Bertz CT molecular complexity index is 1290. The second kappa shape index (κ2) is 8.63. The van der Waals surface area contributed by atoms with Crippen LogP contribution in [0.1, 0.15) is 6.42 Å². The lowest BCUT2D eigenvalue weighted by Crippen LogP contribution is -2.58. The minimum absolute atomic E-state index is 0.316. The highest BCUT2D eigenvalue weighted by molar-refractivity contribution is 5.92. The van der Waals surface area contributed by atoms with Crippen LogP contribution in [0.3, 0.4) is 0 Å². The van der Waals surface area contributed by atoms with Gasteiger partial charge in [-0.05, 0) is 23.6 Å². The first-order chi connectivity index (χ1) is 15.6. The standard InChI is InChI=1S/C26H28N4O2/c1-30(16-6-12-27-23-19-25(31)32-24-10-5-4-9-22(23)24)17-14-29(15-18-30)26-21-8-3-2-7-20(21)11-13-28-26/h2-5,7-11,13,19H,6,12,14-18H2,1H3/p+1. The van der Waals surface area contributed by atoms with Crippen LogP contribution in [0, 0.1) is 0 Å². The van der Waals surface area contributed by atoms with E-state index in [9.17, 15) is 4.79 Å². The molecule has 6 nitrogen and oxygen atoms in total. The number of fused-ring (bicyclic) bond motifs is 2. The molecule has 2 aromatic carbocycles. The van der Waals surface area contributed by atoms with Crippen molar-refractivity contribution in [3.63, 3.8) is 0 Å². The Morgan fingerprint density at radius 1 is 1.03 bits per heavy atom. The van der Waals surface area contributed by atoms with Gasteiger partial charge in [0.15, 0.2) is 0 Å². The van der Waals surface area contributed by atoms with Crippen LogP contribution in [-0.4, -0.2) is 55.8 Å². The summed E-state index contributed by atoms with van der Waals surface area (Å²) in [4.78, 5) is 19.0.